The molecule has 0 aromatic heterocycles. The van der Waals surface area contributed by atoms with E-state index >= 15 is 0 Å². The van der Waals surface area contributed by atoms with Gasteiger partial charge in [0.05, 0.1) is 6.61 Å². The monoisotopic (exact) mass is 703 g/mol. The number of nitrogens with two attached hydrogens (primary N) is 1. The maximum absolute atomic E-state index is 13.5. The van der Waals surface area contributed by atoms with Crippen molar-refractivity contribution in [2.45, 2.75) is 226 Å². The number of allylic oxidation sites excluding steroid dienone is 3. The molecule has 0 aromatic rings. The fraction of sp³-hybridized carbons (Fsp3) is 0.841. The van der Waals surface area contributed by atoms with Crippen LogP contribution in [0, 0.1) is 0 Å². The Morgan fingerprint density at radius 2 is 0.960 bits per heavy atom. The normalized spacial score (nSPS) is 12.2. The lowest BCUT2D eigenvalue weighted by molar-refractivity contribution is -0.160. The van der Waals surface area contributed by atoms with Crippen LogP contribution >= 0.6 is 0 Å². The lowest BCUT2D eigenvalue weighted by atomic mass is 10.0. The Morgan fingerprint density at radius 1 is 0.540 bits per heavy atom. The number of ether oxygens (including phenoxy) is 1. The summed E-state index contributed by atoms with van der Waals surface area (Å²) in [7, 11) is 0. The second-order valence-corrected chi connectivity index (χ2v) is 14.4. The van der Waals surface area contributed by atoms with Crippen LogP contribution in [-0.2, 0) is 19.1 Å². The second kappa shape index (κ2) is 38.3. The van der Waals surface area contributed by atoms with Gasteiger partial charge in [-0.3, -0.25) is 14.5 Å². The van der Waals surface area contributed by atoms with Crippen LogP contribution in [0.15, 0.2) is 24.3 Å². The number of carbonyl (C=O) groups excluding carboxylic acids is 3. The van der Waals surface area contributed by atoms with Crippen molar-refractivity contribution in [3.8, 4) is 0 Å². The fourth-order valence-corrected chi connectivity index (χ4v) is 6.53. The van der Waals surface area contributed by atoms with Crippen LogP contribution in [0.2, 0.25) is 0 Å². The summed E-state index contributed by atoms with van der Waals surface area (Å²) < 4.78 is 5.33. The molecule has 2 N–H and O–H groups in total. The molecule has 0 rings (SSSR count). The highest BCUT2D eigenvalue weighted by molar-refractivity contribution is 6.04. The van der Waals surface area contributed by atoms with Gasteiger partial charge in [-0.05, 0) is 83.8 Å². The molecule has 0 saturated carbocycles. The van der Waals surface area contributed by atoms with Crippen LogP contribution in [0.4, 0.5) is 0 Å². The summed E-state index contributed by atoms with van der Waals surface area (Å²) in [6.07, 6.45) is 43.3. The first kappa shape index (κ1) is 48.0. The molecule has 0 aliphatic carbocycles. The number of amides is 2. The molecule has 0 saturated heterocycles. The molecular weight excluding hydrogens is 620 g/mol. The van der Waals surface area contributed by atoms with Crippen molar-refractivity contribution in [1.29, 1.82) is 0 Å². The molecule has 0 bridgehead atoms. The van der Waals surface area contributed by atoms with E-state index in [-0.39, 0.29) is 18.9 Å². The largest absolute Gasteiger partial charge is 0.464 e. The zero-order chi connectivity index (χ0) is 36.8. The van der Waals surface area contributed by atoms with E-state index in [0.29, 0.717) is 19.4 Å². The SMILES string of the molecule is CCCCCCCC/C=C\CCCCCCCC(=O)N(C(=O)C=CCCCCCCCCCCCCCCC)[C@@H](CCCCN)C(=O)OCC. The van der Waals surface area contributed by atoms with Gasteiger partial charge in [-0.15, -0.1) is 0 Å². The zero-order valence-corrected chi connectivity index (χ0v) is 33.4. The van der Waals surface area contributed by atoms with Crippen LogP contribution in [0.25, 0.3) is 0 Å². The average molecular weight is 703 g/mol. The van der Waals surface area contributed by atoms with Crippen LogP contribution in [0.3, 0.4) is 0 Å². The number of imide groups is 1. The van der Waals surface area contributed by atoms with Crippen molar-refractivity contribution < 1.29 is 19.1 Å². The fourth-order valence-electron chi connectivity index (χ4n) is 6.53. The van der Waals surface area contributed by atoms with E-state index in [1.807, 2.05) is 6.08 Å². The summed E-state index contributed by atoms with van der Waals surface area (Å²) >= 11 is 0. The molecule has 50 heavy (non-hydrogen) atoms. The van der Waals surface area contributed by atoms with E-state index in [1.54, 1.807) is 6.92 Å². The first-order chi connectivity index (χ1) is 24.5. The Morgan fingerprint density at radius 3 is 1.40 bits per heavy atom. The molecule has 0 aromatic carbocycles. The van der Waals surface area contributed by atoms with E-state index in [1.165, 1.54) is 133 Å². The minimum Gasteiger partial charge on any atom is -0.464 e. The minimum absolute atomic E-state index is 0.214. The highest BCUT2D eigenvalue weighted by Crippen LogP contribution is 2.18. The summed E-state index contributed by atoms with van der Waals surface area (Å²) in [4.78, 5) is 41.1. The Balaban J connectivity index is 4.63. The number of nitrogens with zero attached hydrogens (tertiary/aromatic N) is 1. The Kier molecular flexibility index (Phi) is 36.8. The van der Waals surface area contributed by atoms with Crippen molar-refractivity contribution in [2.75, 3.05) is 13.2 Å². The highest BCUT2D eigenvalue weighted by Gasteiger charge is 2.34. The summed E-state index contributed by atoms with van der Waals surface area (Å²) in [6, 6.07) is -0.898. The molecule has 0 fully saturated rings. The van der Waals surface area contributed by atoms with Crippen LogP contribution in [0.1, 0.15) is 220 Å². The number of carbonyl (C=O) groups is 3. The smallest absolute Gasteiger partial charge is 0.329 e. The van der Waals surface area contributed by atoms with Crippen LogP contribution in [-0.4, -0.2) is 41.9 Å². The zero-order valence-electron chi connectivity index (χ0n) is 33.4. The summed E-state index contributed by atoms with van der Waals surface area (Å²) in [6.45, 7) is 7.00. The number of esters is 1. The minimum atomic E-state index is -0.898. The van der Waals surface area contributed by atoms with Gasteiger partial charge >= 0.3 is 5.97 Å². The molecule has 0 heterocycles. The van der Waals surface area contributed by atoms with E-state index in [0.717, 1.165) is 57.8 Å². The van der Waals surface area contributed by atoms with Crippen molar-refractivity contribution in [3.63, 3.8) is 0 Å². The third kappa shape index (κ3) is 29.7. The quantitative estimate of drug-likeness (QED) is 0.0301. The molecule has 0 spiro atoms. The van der Waals surface area contributed by atoms with Gasteiger partial charge in [0.25, 0.3) is 5.91 Å². The average Bonchev–Trinajstić information content (AvgIpc) is 3.11. The predicted octanol–water partition coefficient (Wildman–Crippen LogP) is 12.5. The topological polar surface area (TPSA) is 89.7 Å². The first-order valence-corrected chi connectivity index (χ1v) is 21.6. The van der Waals surface area contributed by atoms with Crippen molar-refractivity contribution >= 4 is 17.8 Å². The van der Waals surface area contributed by atoms with Crippen molar-refractivity contribution in [3.05, 3.63) is 24.3 Å². The summed E-state index contributed by atoms with van der Waals surface area (Å²) in [5.41, 5.74) is 5.71. The van der Waals surface area contributed by atoms with Gasteiger partial charge in [-0.25, -0.2) is 4.79 Å². The lowest BCUT2D eigenvalue weighted by Gasteiger charge is -2.28. The molecule has 292 valence electrons. The molecule has 0 radical (unpaired) electrons. The van der Waals surface area contributed by atoms with Crippen molar-refractivity contribution in [2.24, 2.45) is 5.73 Å². The van der Waals surface area contributed by atoms with E-state index in [2.05, 4.69) is 26.0 Å². The van der Waals surface area contributed by atoms with Crippen LogP contribution in [0.5, 0.6) is 0 Å². The molecule has 0 aliphatic rings. The van der Waals surface area contributed by atoms with Crippen LogP contribution < -0.4 is 5.73 Å². The van der Waals surface area contributed by atoms with Gasteiger partial charge in [-0.1, -0.05) is 160 Å². The number of hydrogen-bond acceptors (Lipinski definition) is 5. The third-order valence-corrected chi connectivity index (χ3v) is 9.70. The summed E-state index contributed by atoms with van der Waals surface area (Å²) in [5, 5.41) is 0. The van der Waals surface area contributed by atoms with Gasteiger partial charge < -0.3 is 10.5 Å². The van der Waals surface area contributed by atoms with Gasteiger partial charge in [0, 0.05) is 6.42 Å². The van der Waals surface area contributed by atoms with Gasteiger partial charge in [-0.2, -0.15) is 0 Å². The Hall–Kier alpha value is -1.95. The van der Waals surface area contributed by atoms with E-state index < -0.39 is 17.9 Å². The number of rotatable bonds is 37. The standard InChI is InChI=1S/C44H82N2O4/c1-4-7-9-11-13-15-17-19-21-23-25-27-29-31-33-38-42(47)46(41(37-35-36-40-45)44(49)50-6-3)43(48)39-34-32-30-28-26-24-22-20-18-16-14-12-10-8-5-2/h19,21,34,39,41H,4-18,20,22-33,35-38,40,45H2,1-3H3/b21-19-,39-34?/t41-/m0/s1. The maximum atomic E-state index is 13.5. The third-order valence-electron chi connectivity index (χ3n) is 9.70. The molecular formula is C44H82N2O4. The molecule has 0 aliphatic heterocycles. The lowest BCUT2D eigenvalue weighted by Crippen LogP contribution is -2.48. The second-order valence-electron chi connectivity index (χ2n) is 14.4. The Bertz CT molecular complexity index is 840. The Labute approximate surface area is 310 Å². The van der Waals surface area contributed by atoms with E-state index in [4.69, 9.17) is 10.5 Å². The molecule has 6 nitrogen and oxygen atoms in total. The molecule has 1 atom stereocenters. The molecule has 2 amide bonds. The van der Waals surface area contributed by atoms with Gasteiger partial charge in [0.2, 0.25) is 5.91 Å². The highest BCUT2D eigenvalue weighted by atomic mass is 16.5. The summed E-state index contributed by atoms with van der Waals surface area (Å²) in [5.74, 6) is -1.17. The van der Waals surface area contributed by atoms with Gasteiger partial charge in [0.15, 0.2) is 0 Å². The van der Waals surface area contributed by atoms with E-state index in [9.17, 15) is 14.4 Å². The van der Waals surface area contributed by atoms with Crippen molar-refractivity contribution in [1.82, 2.24) is 4.90 Å². The number of unbranched alkanes of at least 4 members (excludes halogenated alkanes) is 25. The number of hydrogen-bond donors (Lipinski definition) is 1. The maximum Gasteiger partial charge on any atom is 0.329 e. The molecule has 0 unspecified atom stereocenters. The molecule has 6 heteroatoms. The van der Waals surface area contributed by atoms with Gasteiger partial charge in [0.1, 0.15) is 6.04 Å². The predicted molar refractivity (Wildman–Crippen MR) is 214 cm³/mol. The first-order valence-electron chi connectivity index (χ1n) is 21.6.